The fourth-order valence-electron chi connectivity index (χ4n) is 1.01. The van der Waals surface area contributed by atoms with Gasteiger partial charge in [-0.2, -0.15) is 18.4 Å². The summed E-state index contributed by atoms with van der Waals surface area (Å²) in [4.78, 5) is 3.67. The van der Waals surface area contributed by atoms with Crippen LogP contribution in [0.4, 0.5) is 13.2 Å². The van der Waals surface area contributed by atoms with Crippen molar-refractivity contribution >= 4 is 23.4 Å². The van der Waals surface area contributed by atoms with Crippen LogP contribution < -0.4 is 0 Å². The first kappa shape index (κ1) is 14.1. The molecule has 92 valence electrons. The monoisotopic (exact) mass is 280 g/mol. The molecule has 0 aliphatic heterocycles. The van der Waals surface area contributed by atoms with Crippen molar-refractivity contribution in [3.8, 4) is 6.07 Å². The summed E-state index contributed by atoms with van der Waals surface area (Å²) in [7, 11) is 0. The zero-order valence-electron chi connectivity index (χ0n) is 8.59. The van der Waals surface area contributed by atoms with Gasteiger partial charge in [-0.05, 0) is 12.5 Å². The van der Waals surface area contributed by atoms with Gasteiger partial charge < -0.3 is 0 Å². The minimum absolute atomic E-state index is 0.0122. The van der Waals surface area contributed by atoms with E-state index in [0.29, 0.717) is 23.6 Å². The number of rotatable bonds is 4. The molecule has 1 aromatic heterocycles. The predicted molar refractivity (Wildman–Crippen MR) is 59.8 cm³/mol. The molecule has 0 bridgehead atoms. The SMILES string of the molecule is N#CCCCSc1ncc(C(F)(F)F)cc1Cl. The summed E-state index contributed by atoms with van der Waals surface area (Å²) in [5.74, 6) is 0.603. The van der Waals surface area contributed by atoms with Crippen molar-refractivity contribution < 1.29 is 13.2 Å². The zero-order chi connectivity index (χ0) is 12.9. The van der Waals surface area contributed by atoms with E-state index >= 15 is 0 Å². The summed E-state index contributed by atoms with van der Waals surface area (Å²) in [5, 5.41) is 8.66. The Morgan fingerprint density at radius 3 is 2.71 bits per heavy atom. The van der Waals surface area contributed by atoms with Gasteiger partial charge in [-0.25, -0.2) is 4.98 Å². The van der Waals surface area contributed by atoms with Crippen LogP contribution in [0.1, 0.15) is 18.4 Å². The van der Waals surface area contributed by atoms with Gasteiger partial charge in [-0.1, -0.05) is 11.6 Å². The van der Waals surface area contributed by atoms with Crippen molar-refractivity contribution in [3.63, 3.8) is 0 Å². The normalized spacial score (nSPS) is 11.2. The van der Waals surface area contributed by atoms with Gasteiger partial charge in [0.2, 0.25) is 0 Å². The van der Waals surface area contributed by atoms with E-state index in [1.807, 2.05) is 6.07 Å². The average Bonchev–Trinajstić information content (AvgIpc) is 2.24. The van der Waals surface area contributed by atoms with Crippen LogP contribution in [0.25, 0.3) is 0 Å². The van der Waals surface area contributed by atoms with E-state index in [0.717, 1.165) is 12.3 Å². The Labute approximate surface area is 106 Å². The van der Waals surface area contributed by atoms with E-state index < -0.39 is 11.7 Å². The van der Waals surface area contributed by atoms with Crippen LogP contribution in [0, 0.1) is 11.3 Å². The van der Waals surface area contributed by atoms with E-state index in [1.165, 1.54) is 11.8 Å². The van der Waals surface area contributed by atoms with Crippen molar-refractivity contribution in [2.45, 2.75) is 24.0 Å². The van der Waals surface area contributed by atoms with Crippen LogP contribution in [0.2, 0.25) is 5.02 Å². The Morgan fingerprint density at radius 1 is 1.47 bits per heavy atom. The first-order valence-corrected chi connectivity index (χ1v) is 6.04. The molecule has 0 N–H and O–H groups in total. The smallest absolute Gasteiger partial charge is 0.248 e. The van der Waals surface area contributed by atoms with Crippen LogP contribution >= 0.6 is 23.4 Å². The Morgan fingerprint density at radius 2 is 2.18 bits per heavy atom. The molecule has 1 aromatic rings. The lowest BCUT2D eigenvalue weighted by Crippen LogP contribution is -2.05. The fraction of sp³-hybridized carbons (Fsp3) is 0.400. The molecule has 0 aliphatic rings. The van der Waals surface area contributed by atoms with E-state index in [9.17, 15) is 13.2 Å². The molecule has 0 aromatic carbocycles. The maximum atomic E-state index is 12.3. The Balaban J connectivity index is 2.68. The predicted octanol–water partition coefficient (Wildman–Crippen LogP) is 4.15. The molecule has 0 spiro atoms. The topological polar surface area (TPSA) is 36.7 Å². The zero-order valence-corrected chi connectivity index (χ0v) is 10.2. The van der Waals surface area contributed by atoms with E-state index in [2.05, 4.69) is 4.98 Å². The molecule has 0 fully saturated rings. The maximum Gasteiger partial charge on any atom is 0.417 e. The number of thioether (sulfide) groups is 1. The highest BCUT2D eigenvalue weighted by molar-refractivity contribution is 7.99. The van der Waals surface area contributed by atoms with Gasteiger partial charge >= 0.3 is 6.18 Å². The number of hydrogen-bond donors (Lipinski definition) is 0. The van der Waals surface area contributed by atoms with Crippen LogP contribution in [-0.2, 0) is 6.18 Å². The molecule has 2 nitrogen and oxygen atoms in total. The lowest BCUT2D eigenvalue weighted by Gasteiger charge is -2.08. The van der Waals surface area contributed by atoms with Crippen molar-refractivity contribution in [2.24, 2.45) is 0 Å². The Kier molecular flexibility index (Phi) is 5.09. The molecule has 0 radical (unpaired) electrons. The molecule has 0 amide bonds. The molecule has 0 aliphatic carbocycles. The van der Waals surface area contributed by atoms with E-state index in [1.54, 1.807) is 0 Å². The van der Waals surface area contributed by atoms with Crippen molar-refractivity contribution in [3.05, 3.63) is 22.8 Å². The number of alkyl halides is 3. The van der Waals surface area contributed by atoms with Gasteiger partial charge in [-0.3, -0.25) is 0 Å². The third kappa shape index (κ3) is 4.44. The van der Waals surface area contributed by atoms with Gasteiger partial charge in [-0.15, -0.1) is 11.8 Å². The summed E-state index contributed by atoms with van der Waals surface area (Å²) in [6, 6.07) is 2.84. The minimum Gasteiger partial charge on any atom is -0.248 e. The summed E-state index contributed by atoms with van der Waals surface area (Å²) in [6.07, 6.45) is -2.61. The second-order valence-corrected chi connectivity index (χ2v) is 4.61. The summed E-state index contributed by atoms with van der Waals surface area (Å²) in [5.41, 5.74) is -0.858. The highest BCUT2D eigenvalue weighted by atomic mass is 35.5. The first-order valence-electron chi connectivity index (χ1n) is 4.67. The molecule has 17 heavy (non-hydrogen) atoms. The molecule has 1 rings (SSSR count). The molecule has 0 atom stereocenters. The molecular formula is C10H8ClF3N2S. The van der Waals surface area contributed by atoms with E-state index in [-0.39, 0.29) is 5.02 Å². The van der Waals surface area contributed by atoms with Gasteiger partial charge in [0.05, 0.1) is 16.7 Å². The van der Waals surface area contributed by atoms with Gasteiger partial charge in [0.15, 0.2) is 0 Å². The number of unbranched alkanes of at least 4 members (excludes halogenated alkanes) is 1. The molecular weight excluding hydrogens is 273 g/mol. The molecule has 0 unspecified atom stereocenters. The lowest BCUT2D eigenvalue weighted by molar-refractivity contribution is -0.137. The average molecular weight is 281 g/mol. The molecule has 7 heteroatoms. The Hall–Kier alpha value is -0.930. The summed E-state index contributed by atoms with van der Waals surface area (Å²) < 4.78 is 36.9. The summed E-state index contributed by atoms with van der Waals surface area (Å²) in [6.45, 7) is 0. The standard InChI is InChI=1S/C10H8ClF3N2S/c11-8-5-7(10(12,13)14)6-16-9(8)17-4-2-1-3-15/h5-6H,1-2,4H2. The highest BCUT2D eigenvalue weighted by Gasteiger charge is 2.31. The van der Waals surface area contributed by atoms with Crippen LogP contribution in [0.3, 0.4) is 0 Å². The largest absolute Gasteiger partial charge is 0.417 e. The quantitative estimate of drug-likeness (QED) is 0.614. The second-order valence-electron chi connectivity index (χ2n) is 3.12. The number of nitrogens with zero attached hydrogens (tertiary/aromatic N) is 2. The first-order chi connectivity index (χ1) is 7.95. The highest BCUT2D eigenvalue weighted by Crippen LogP contribution is 2.33. The third-order valence-corrected chi connectivity index (χ3v) is 3.30. The Bertz CT molecular complexity index is 429. The van der Waals surface area contributed by atoms with Crippen molar-refractivity contribution in [1.82, 2.24) is 4.98 Å². The number of halogens is 4. The number of aromatic nitrogens is 1. The van der Waals surface area contributed by atoms with Gasteiger partial charge in [0.25, 0.3) is 0 Å². The van der Waals surface area contributed by atoms with Gasteiger partial charge in [0, 0.05) is 18.4 Å². The fourth-order valence-corrected chi connectivity index (χ4v) is 2.14. The number of hydrogen-bond acceptors (Lipinski definition) is 3. The van der Waals surface area contributed by atoms with Crippen molar-refractivity contribution in [2.75, 3.05) is 5.75 Å². The minimum atomic E-state index is -4.43. The van der Waals surface area contributed by atoms with Crippen LogP contribution in [0.5, 0.6) is 0 Å². The summed E-state index contributed by atoms with van der Waals surface area (Å²) >= 11 is 6.94. The molecule has 1 heterocycles. The van der Waals surface area contributed by atoms with E-state index in [4.69, 9.17) is 16.9 Å². The van der Waals surface area contributed by atoms with Gasteiger partial charge in [0.1, 0.15) is 5.03 Å². The maximum absolute atomic E-state index is 12.3. The number of nitriles is 1. The van der Waals surface area contributed by atoms with Crippen LogP contribution in [0.15, 0.2) is 17.3 Å². The van der Waals surface area contributed by atoms with Crippen molar-refractivity contribution in [1.29, 1.82) is 5.26 Å². The number of pyridine rings is 1. The third-order valence-electron chi connectivity index (χ3n) is 1.81. The lowest BCUT2D eigenvalue weighted by atomic mass is 10.3. The second kappa shape index (κ2) is 6.12. The van der Waals surface area contributed by atoms with Crippen LogP contribution in [-0.4, -0.2) is 10.7 Å². The molecule has 0 saturated carbocycles. The molecule has 0 saturated heterocycles.